The average Bonchev–Trinajstić information content (AvgIpc) is 3.09. The topological polar surface area (TPSA) is 46.9 Å². The Morgan fingerprint density at radius 3 is 2.48 bits per heavy atom. The fraction of sp³-hybridized carbons (Fsp3) is 0.158. The van der Waals surface area contributed by atoms with Gasteiger partial charge in [0.05, 0.1) is 6.33 Å². The minimum Gasteiger partial charge on any atom is -0.326 e. The van der Waals surface area contributed by atoms with Gasteiger partial charge in [-0.25, -0.2) is 4.98 Å². The summed E-state index contributed by atoms with van der Waals surface area (Å²) in [6.07, 6.45) is 6.59. The number of nitrogens with one attached hydrogen (secondary N) is 1. The molecule has 0 fully saturated rings. The van der Waals surface area contributed by atoms with Gasteiger partial charge in [-0.3, -0.25) is 4.79 Å². The van der Waals surface area contributed by atoms with Crippen LogP contribution in [0.3, 0.4) is 0 Å². The van der Waals surface area contributed by atoms with Gasteiger partial charge in [-0.2, -0.15) is 0 Å². The van der Waals surface area contributed by atoms with Gasteiger partial charge in [0, 0.05) is 30.2 Å². The van der Waals surface area contributed by atoms with Crippen LogP contribution in [0.4, 0.5) is 5.69 Å². The molecule has 1 amide bonds. The molecule has 0 radical (unpaired) electrons. The third-order valence-electron chi connectivity index (χ3n) is 3.71. The molecule has 1 aromatic heterocycles. The van der Waals surface area contributed by atoms with Crippen LogP contribution in [0.25, 0.3) is 5.69 Å². The Bertz CT molecular complexity index is 759. The van der Waals surface area contributed by atoms with Crippen molar-refractivity contribution in [1.82, 2.24) is 9.55 Å². The van der Waals surface area contributed by atoms with E-state index < -0.39 is 0 Å². The van der Waals surface area contributed by atoms with E-state index >= 15 is 0 Å². The van der Waals surface area contributed by atoms with Crippen LogP contribution >= 0.6 is 0 Å². The Labute approximate surface area is 135 Å². The fourth-order valence-electron chi connectivity index (χ4n) is 2.36. The number of aryl methyl sites for hydroxylation is 2. The number of hydrogen-bond donors (Lipinski definition) is 1. The molecule has 0 saturated heterocycles. The molecule has 116 valence electrons. The number of rotatable bonds is 5. The molecule has 0 aliphatic rings. The summed E-state index contributed by atoms with van der Waals surface area (Å²) in [6, 6.07) is 16.0. The molecule has 0 atom stereocenters. The number of benzene rings is 2. The maximum Gasteiger partial charge on any atom is 0.224 e. The molecule has 4 nitrogen and oxygen atoms in total. The largest absolute Gasteiger partial charge is 0.326 e. The standard InChI is InChI=1S/C19H19N3O/c1-15-2-4-16(5-3-15)6-11-19(23)21-17-7-9-18(10-8-17)22-13-12-20-14-22/h2-5,7-10,12-14H,6,11H2,1H3,(H,21,23). The van der Waals surface area contributed by atoms with E-state index in [0.29, 0.717) is 6.42 Å². The normalized spacial score (nSPS) is 10.5. The van der Waals surface area contributed by atoms with Gasteiger partial charge in [-0.15, -0.1) is 0 Å². The molecule has 0 aliphatic carbocycles. The highest BCUT2D eigenvalue weighted by Gasteiger charge is 2.04. The van der Waals surface area contributed by atoms with Gasteiger partial charge in [0.25, 0.3) is 0 Å². The quantitative estimate of drug-likeness (QED) is 0.780. The molecule has 0 unspecified atom stereocenters. The minimum absolute atomic E-state index is 0.0287. The summed E-state index contributed by atoms with van der Waals surface area (Å²) in [5.74, 6) is 0.0287. The lowest BCUT2D eigenvalue weighted by atomic mass is 10.1. The van der Waals surface area contributed by atoms with E-state index in [1.54, 1.807) is 12.5 Å². The van der Waals surface area contributed by atoms with Gasteiger partial charge < -0.3 is 9.88 Å². The van der Waals surface area contributed by atoms with E-state index in [1.807, 2.05) is 35.0 Å². The second kappa shape index (κ2) is 6.92. The zero-order valence-corrected chi connectivity index (χ0v) is 13.1. The lowest BCUT2D eigenvalue weighted by Gasteiger charge is -2.07. The van der Waals surface area contributed by atoms with Crippen molar-refractivity contribution in [3.05, 3.63) is 78.4 Å². The zero-order chi connectivity index (χ0) is 16.1. The van der Waals surface area contributed by atoms with Gasteiger partial charge >= 0.3 is 0 Å². The van der Waals surface area contributed by atoms with Crippen molar-refractivity contribution >= 4 is 11.6 Å². The van der Waals surface area contributed by atoms with Crippen LogP contribution in [0.1, 0.15) is 17.5 Å². The van der Waals surface area contributed by atoms with Gasteiger partial charge in [0.15, 0.2) is 0 Å². The smallest absolute Gasteiger partial charge is 0.224 e. The molecular formula is C19H19N3O. The number of aromatic nitrogens is 2. The Morgan fingerprint density at radius 2 is 1.83 bits per heavy atom. The number of amides is 1. The number of imidazole rings is 1. The van der Waals surface area contributed by atoms with Crippen LogP contribution in [-0.4, -0.2) is 15.5 Å². The lowest BCUT2D eigenvalue weighted by Crippen LogP contribution is -2.12. The van der Waals surface area contributed by atoms with Gasteiger partial charge in [-0.1, -0.05) is 29.8 Å². The molecule has 1 heterocycles. The molecule has 0 bridgehead atoms. The van der Waals surface area contributed by atoms with Crippen LogP contribution in [-0.2, 0) is 11.2 Å². The Kier molecular flexibility index (Phi) is 4.52. The highest BCUT2D eigenvalue weighted by molar-refractivity contribution is 5.90. The maximum absolute atomic E-state index is 12.0. The van der Waals surface area contributed by atoms with Crippen molar-refractivity contribution in [2.45, 2.75) is 19.8 Å². The first-order chi connectivity index (χ1) is 11.2. The van der Waals surface area contributed by atoms with E-state index in [-0.39, 0.29) is 5.91 Å². The van der Waals surface area contributed by atoms with Gasteiger partial charge in [-0.05, 0) is 43.2 Å². The van der Waals surface area contributed by atoms with Crippen molar-refractivity contribution in [1.29, 1.82) is 0 Å². The highest BCUT2D eigenvalue weighted by atomic mass is 16.1. The summed E-state index contributed by atoms with van der Waals surface area (Å²) in [5, 5.41) is 2.93. The first-order valence-corrected chi connectivity index (χ1v) is 7.64. The van der Waals surface area contributed by atoms with E-state index in [4.69, 9.17) is 0 Å². The molecule has 23 heavy (non-hydrogen) atoms. The lowest BCUT2D eigenvalue weighted by molar-refractivity contribution is -0.116. The van der Waals surface area contributed by atoms with Crippen LogP contribution in [0, 0.1) is 6.92 Å². The van der Waals surface area contributed by atoms with Crippen LogP contribution < -0.4 is 5.32 Å². The average molecular weight is 305 g/mol. The molecule has 0 saturated carbocycles. The summed E-state index contributed by atoms with van der Waals surface area (Å²) >= 11 is 0. The highest BCUT2D eigenvalue weighted by Crippen LogP contribution is 2.14. The van der Waals surface area contributed by atoms with E-state index in [2.05, 4.69) is 41.5 Å². The summed E-state index contributed by atoms with van der Waals surface area (Å²) in [6.45, 7) is 2.06. The maximum atomic E-state index is 12.0. The number of carbonyl (C=O) groups excluding carboxylic acids is 1. The van der Waals surface area contributed by atoms with Crippen molar-refractivity contribution in [3.8, 4) is 5.69 Å². The SMILES string of the molecule is Cc1ccc(CCC(=O)Nc2ccc(-n3ccnc3)cc2)cc1. The number of anilines is 1. The summed E-state index contributed by atoms with van der Waals surface area (Å²) in [7, 11) is 0. The second-order valence-electron chi connectivity index (χ2n) is 5.55. The fourth-order valence-corrected chi connectivity index (χ4v) is 2.36. The molecule has 3 aromatic rings. The Balaban J connectivity index is 1.54. The number of nitrogens with zero attached hydrogens (tertiary/aromatic N) is 2. The molecule has 0 spiro atoms. The molecule has 2 aromatic carbocycles. The number of carbonyl (C=O) groups is 1. The van der Waals surface area contributed by atoms with Crippen molar-refractivity contribution < 1.29 is 4.79 Å². The van der Waals surface area contributed by atoms with Crippen molar-refractivity contribution in [2.75, 3.05) is 5.32 Å². The van der Waals surface area contributed by atoms with E-state index in [1.165, 1.54) is 11.1 Å². The van der Waals surface area contributed by atoms with Crippen molar-refractivity contribution in [2.24, 2.45) is 0 Å². The predicted molar refractivity (Wildman–Crippen MR) is 91.7 cm³/mol. The third-order valence-corrected chi connectivity index (χ3v) is 3.71. The first kappa shape index (κ1) is 15.0. The van der Waals surface area contributed by atoms with E-state index in [9.17, 15) is 4.79 Å². The first-order valence-electron chi connectivity index (χ1n) is 7.64. The Hall–Kier alpha value is -2.88. The van der Waals surface area contributed by atoms with Gasteiger partial charge in [0.2, 0.25) is 5.91 Å². The Morgan fingerprint density at radius 1 is 1.09 bits per heavy atom. The molecule has 3 rings (SSSR count). The molecule has 4 heteroatoms. The monoisotopic (exact) mass is 305 g/mol. The summed E-state index contributed by atoms with van der Waals surface area (Å²) in [5.41, 5.74) is 4.24. The molecule has 0 aliphatic heterocycles. The van der Waals surface area contributed by atoms with Gasteiger partial charge in [0.1, 0.15) is 0 Å². The zero-order valence-electron chi connectivity index (χ0n) is 13.1. The predicted octanol–water partition coefficient (Wildman–Crippen LogP) is 3.75. The van der Waals surface area contributed by atoms with E-state index in [0.717, 1.165) is 17.8 Å². The van der Waals surface area contributed by atoms with Crippen molar-refractivity contribution in [3.63, 3.8) is 0 Å². The second-order valence-corrected chi connectivity index (χ2v) is 5.55. The van der Waals surface area contributed by atoms with Crippen LogP contribution in [0.15, 0.2) is 67.3 Å². The third kappa shape index (κ3) is 4.07. The summed E-state index contributed by atoms with van der Waals surface area (Å²) < 4.78 is 1.92. The number of hydrogen-bond acceptors (Lipinski definition) is 2. The van der Waals surface area contributed by atoms with Crippen LogP contribution in [0.5, 0.6) is 0 Å². The minimum atomic E-state index is 0.0287. The molecular weight excluding hydrogens is 286 g/mol. The van der Waals surface area contributed by atoms with Crippen LogP contribution in [0.2, 0.25) is 0 Å². The summed E-state index contributed by atoms with van der Waals surface area (Å²) in [4.78, 5) is 16.1. The molecule has 1 N–H and O–H groups in total.